The molecule has 10 heteroatoms. The first-order valence-electron chi connectivity index (χ1n) is 9.26. The number of carbonyl (C=O) groups excluding carboxylic acids is 1. The lowest BCUT2D eigenvalue weighted by molar-refractivity contribution is -0.144. The van der Waals surface area contributed by atoms with E-state index in [1.165, 1.54) is 12.1 Å². The van der Waals surface area contributed by atoms with E-state index in [2.05, 4.69) is 10.4 Å². The van der Waals surface area contributed by atoms with Gasteiger partial charge in [-0.05, 0) is 39.1 Å². The average Bonchev–Trinajstić information content (AvgIpc) is 2.86. The molecule has 2 aromatic rings. The molecular formula is C20H25F3N4O3. The molecule has 0 aliphatic rings. The van der Waals surface area contributed by atoms with E-state index in [9.17, 15) is 27.9 Å². The third-order valence-electron chi connectivity index (χ3n) is 4.87. The zero-order valence-electron chi connectivity index (χ0n) is 17.2. The van der Waals surface area contributed by atoms with Gasteiger partial charge in [-0.3, -0.25) is 14.3 Å². The predicted octanol–water partition coefficient (Wildman–Crippen LogP) is 3.22. The Morgan fingerprint density at radius 2 is 1.97 bits per heavy atom. The molecule has 1 amide bonds. The molecule has 1 heterocycles. The number of amides is 1. The van der Waals surface area contributed by atoms with Gasteiger partial charge in [-0.1, -0.05) is 6.07 Å². The topological polar surface area (TPSA) is 87.5 Å². The summed E-state index contributed by atoms with van der Waals surface area (Å²) in [6.45, 7) is 4.34. The fourth-order valence-electron chi connectivity index (χ4n) is 3.20. The minimum atomic E-state index is -4.53. The highest BCUT2D eigenvalue weighted by Gasteiger charge is 2.30. The Morgan fingerprint density at radius 3 is 2.50 bits per heavy atom. The van der Waals surface area contributed by atoms with E-state index >= 15 is 0 Å². The first-order chi connectivity index (χ1) is 13.9. The van der Waals surface area contributed by atoms with Crippen LogP contribution in [0.25, 0.3) is 0 Å². The van der Waals surface area contributed by atoms with Crippen molar-refractivity contribution >= 4 is 17.6 Å². The third-order valence-corrected chi connectivity index (χ3v) is 4.87. The number of aliphatic carboxylic acids is 1. The van der Waals surface area contributed by atoms with Crippen molar-refractivity contribution in [2.45, 2.75) is 33.0 Å². The third kappa shape index (κ3) is 6.06. The number of carboxylic acids is 1. The van der Waals surface area contributed by atoms with Crippen LogP contribution in [0.3, 0.4) is 0 Å². The predicted molar refractivity (Wildman–Crippen MR) is 105 cm³/mol. The summed E-state index contributed by atoms with van der Waals surface area (Å²) in [6.07, 6.45) is -4.89. The molecule has 1 aromatic heterocycles. The molecule has 1 aromatic carbocycles. The molecular weight excluding hydrogens is 401 g/mol. The molecule has 2 N–H and O–H groups in total. The molecule has 0 fully saturated rings. The number of carboxylic acid groups (broad SMARTS) is 1. The minimum Gasteiger partial charge on any atom is -0.481 e. The molecule has 0 spiro atoms. The summed E-state index contributed by atoms with van der Waals surface area (Å²) in [7, 11) is 3.57. The summed E-state index contributed by atoms with van der Waals surface area (Å²) in [5.41, 5.74) is 1.87. The maximum atomic E-state index is 12.8. The molecule has 1 atom stereocenters. The second-order valence-electron chi connectivity index (χ2n) is 7.34. The van der Waals surface area contributed by atoms with Crippen LogP contribution in [0.2, 0.25) is 0 Å². The van der Waals surface area contributed by atoms with E-state index in [0.717, 1.165) is 29.1 Å². The molecule has 0 unspecified atom stereocenters. The minimum absolute atomic E-state index is 0.0334. The largest absolute Gasteiger partial charge is 0.481 e. The molecule has 30 heavy (non-hydrogen) atoms. The van der Waals surface area contributed by atoms with E-state index in [1.807, 2.05) is 20.9 Å². The van der Waals surface area contributed by atoms with Gasteiger partial charge in [-0.15, -0.1) is 0 Å². The van der Waals surface area contributed by atoms with Crippen LogP contribution in [0.5, 0.6) is 0 Å². The number of hydrogen-bond acceptors (Lipinski definition) is 4. The van der Waals surface area contributed by atoms with Gasteiger partial charge in [0.15, 0.2) is 0 Å². The van der Waals surface area contributed by atoms with Crippen molar-refractivity contribution in [1.82, 2.24) is 14.7 Å². The van der Waals surface area contributed by atoms with Crippen LogP contribution in [-0.4, -0.2) is 45.3 Å². The fourth-order valence-corrected chi connectivity index (χ4v) is 3.20. The first kappa shape index (κ1) is 23.4. The Bertz CT molecular complexity index is 925. The van der Waals surface area contributed by atoms with Crippen LogP contribution in [-0.2, 0) is 29.4 Å². The van der Waals surface area contributed by atoms with Gasteiger partial charge in [-0.25, -0.2) is 0 Å². The van der Waals surface area contributed by atoms with Crippen LogP contribution >= 0.6 is 0 Å². The van der Waals surface area contributed by atoms with Crippen LogP contribution in [0.1, 0.15) is 28.9 Å². The molecule has 164 valence electrons. The molecule has 2 rings (SSSR count). The Balaban J connectivity index is 2.01. The summed E-state index contributed by atoms with van der Waals surface area (Å²) >= 11 is 0. The van der Waals surface area contributed by atoms with Crippen LogP contribution in [0.4, 0.5) is 18.9 Å². The molecule has 0 saturated carbocycles. The Kier molecular flexibility index (Phi) is 7.25. The fraction of sp³-hybridized carbons (Fsp3) is 0.450. The lowest BCUT2D eigenvalue weighted by atomic mass is 10.0. The number of aryl methyl sites for hydroxylation is 2. The lowest BCUT2D eigenvalue weighted by Crippen LogP contribution is -2.33. The van der Waals surface area contributed by atoms with E-state index in [0.29, 0.717) is 6.54 Å². The van der Waals surface area contributed by atoms with Crippen LogP contribution < -0.4 is 5.32 Å². The smallest absolute Gasteiger partial charge is 0.416 e. The van der Waals surface area contributed by atoms with Crippen molar-refractivity contribution in [3.63, 3.8) is 0 Å². The standard InChI is InChI=1S/C20H25F3N4O3/c1-12-17(13(2)27(4)25-12)11-26(3)10-14(19(29)30)8-18(28)24-16-7-5-6-15(9-16)20(21,22)23/h5-7,9,14H,8,10-11H2,1-4H3,(H,24,28)(H,29,30)/t14-/m1/s1. The van der Waals surface area contributed by atoms with Crippen molar-refractivity contribution in [1.29, 1.82) is 0 Å². The molecule has 0 aliphatic carbocycles. The van der Waals surface area contributed by atoms with E-state index in [4.69, 9.17) is 0 Å². The number of nitrogens with one attached hydrogen (secondary N) is 1. The van der Waals surface area contributed by atoms with Gasteiger partial charge < -0.3 is 15.3 Å². The second-order valence-corrected chi connectivity index (χ2v) is 7.34. The number of carbonyl (C=O) groups is 2. The molecule has 0 radical (unpaired) electrons. The summed E-state index contributed by atoms with van der Waals surface area (Å²) in [5.74, 6) is -2.83. The summed E-state index contributed by atoms with van der Waals surface area (Å²) in [5, 5.41) is 16.2. The number of anilines is 1. The maximum Gasteiger partial charge on any atom is 0.416 e. The molecule has 0 aliphatic heterocycles. The molecule has 0 bridgehead atoms. The van der Waals surface area contributed by atoms with Gasteiger partial charge in [0.2, 0.25) is 5.91 Å². The lowest BCUT2D eigenvalue weighted by Gasteiger charge is -2.21. The number of hydrogen-bond donors (Lipinski definition) is 2. The first-order valence-corrected chi connectivity index (χ1v) is 9.26. The molecule has 7 nitrogen and oxygen atoms in total. The maximum absolute atomic E-state index is 12.8. The van der Waals surface area contributed by atoms with Gasteiger partial charge in [0.25, 0.3) is 0 Å². The number of halogens is 3. The second kappa shape index (κ2) is 9.29. The van der Waals surface area contributed by atoms with Crippen LogP contribution in [0, 0.1) is 19.8 Å². The van der Waals surface area contributed by atoms with Gasteiger partial charge in [0.05, 0.1) is 17.2 Å². The zero-order valence-corrected chi connectivity index (χ0v) is 17.2. The van der Waals surface area contributed by atoms with Crippen molar-refractivity contribution in [2.75, 3.05) is 18.9 Å². The van der Waals surface area contributed by atoms with Gasteiger partial charge in [0.1, 0.15) is 0 Å². The van der Waals surface area contributed by atoms with Gasteiger partial charge >= 0.3 is 12.1 Å². The zero-order chi connectivity index (χ0) is 22.6. The summed E-state index contributed by atoms with van der Waals surface area (Å²) in [6, 6.07) is 4.21. The monoisotopic (exact) mass is 426 g/mol. The number of alkyl halides is 3. The normalized spacial score (nSPS) is 12.8. The Labute approximate surface area is 172 Å². The number of rotatable bonds is 8. The van der Waals surface area contributed by atoms with Crippen molar-refractivity contribution in [2.24, 2.45) is 13.0 Å². The van der Waals surface area contributed by atoms with E-state index < -0.39 is 29.5 Å². The SMILES string of the molecule is Cc1nn(C)c(C)c1CN(C)C[C@@H](CC(=O)Nc1cccc(C(F)(F)F)c1)C(=O)O. The highest BCUT2D eigenvalue weighted by molar-refractivity contribution is 5.93. The average molecular weight is 426 g/mol. The van der Waals surface area contributed by atoms with Crippen molar-refractivity contribution in [3.8, 4) is 0 Å². The van der Waals surface area contributed by atoms with E-state index in [1.54, 1.807) is 16.6 Å². The number of nitrogens with zero attached hydrogens (tertiary/aromatic N) is 3. The summed E-state index contributed by atoms with van der Waals surface area (Å²) < 4.78 is 40.1. The van der Waals surface area contributed by atoms with Crippen molar-refractivity contribution < 1.29 is 27.9 Å². The number of benzene rings is 1. The van der Waals surface area contributed by atoms with Gasteiger partial charge in [-0.2, -0.15) is 18.3 Å². The quantitative estimate of drug-likeness (QED) is 0.677. The van der Waals surface area contributed by atoms with E-state index in [-0.39, 0.29) is 18.7 Å². The van der Waals surface area contributed by atoms with Gasteiger partial charge in [0, 0.05) is 43.5 Å². The number of aromatic nitrogens is 2. The summed E-state index contributed by atoms with van der Waals surface area (Å²) in [4.78, 5) is 25.7. The highest BCUT2D eigenvalue weighted by Crippen LogP contribution is 2.30. The molecule has 0 saturated heterocycles. The van der Waals surface area contributed by atoms with Crippen molar-refractivity contribution in [3.05, 3.63) is 46.8 Å². The highest BCUT2D eigenvalue weighted by atomic mass is 19.4. The van der Waals surface area contributed by atoms with Crippen LogP contribution in [0.15, 0.2) is 24.3 Å². The Morgan fingerprint density at radius 1 is 1.30 bits per heavy atom. The Hall–Kier alpha value is -2.88.